The molecular weight excluding hydrogens is 783 g/mol. The van der Waals surface area contributed by atoms with Crippen LogP contribution in [0, 0.1) is 29.6 Å². The van der Waals surface area contributed by atoms with Crippen molar-refractivity contribution in [2.24, 2.45) is 29.6 Å². The van der Waals surface area contributed by atoms with E-state index < -0.39 is 53.2 Å². The Balaban J connectivity index is 0.00000207. The third kappa shape index (κ3) is 11.9. The van der Waals surface area contributed by atoms with E-state index in [1.54, 1.807) is 70.1 Å². The van der Waals surface area contributed by atoms with Gasteiger partial charge in [0.15, 0.2) is 11.6 Å². The molecule has 2 saturated carbocycles. The number of likely N-dealkylation sites (tertiary alicyclic amines) is 1. The lowest BCUT2D eigenvalue weighted by molar-refractivity contribution is -0.144. The lowest BCUT2D eigenvalue weighted by Crippen LogP contribution is -2.56. The van der Waals surface area contributed by atoms with Crippen LogP contribution >= 0.6 is 23.2 Å². The minimum atomic E-state index is -0.944. The monoisotopic (exact) mass is 838 g/mol. The van der Waals surface area contributed by atoms with Gasteiger partial charge < -0.3 is 25.2 Å². The Morgan fingerprint density at radius 2 is 1.48 bits per heavy atom. The molecule has 3 fully saturated rings. The van der Waals surface area contributed by atoms with E-state index in [0.29, 0.717) is 31.4 Å². The van der Waals surface area contributed by atoms with Gasteiger partial charge in [-0.3, -0.25) is 28.8 Å². The van der Waals surface area contributed by atoms with E-state index in [1.807, 2.05) is 24.3 Å². The molecule has 1 unspecified atom stereocenters. The van der Waals surface area contributed by atoms with Crippen molar-refractivity contribution in [2.75, 3.05) is 26.0 Å². The Morgan fingerprint density at radius 1 is 0.879 bits per heavy atom. The summed E-state index contributed by atoms with van der Waals surface area (Å²) in [5, 5.41) is 5.77. The smallest absolute Gasteiger partial charge is 0.408 e. The molecule has 0 radical (unpaired) electrons. The summed E-state index contributed by atoms with van der Waals surface area (Å²) in [6.07, 6.45) is 2.71. The SMILES string of the molecule is CN(C)C(=O)[C@@H](NC(=O)CCC(=O)C(=O)C(CC(=O)[C@@H]1[C@H]2C[C@H]2CN1C(=O)[C@@H](NC(=O)OC(C)(C)C)C1Cc2ccccc2C1)CC1CC1)c1ccccc1.ClCCl. The number of nitrogens with zero attached hydrogens (tertiary/aromatic N) is 2. The number of ketones is 3. The lowest BCUT2D eigenvalue weighted by Gasteiger charge is -2.34. The first-order valence-corrected chi connectivity index (χ1v) is 21.2. The first kappa shape index (κ1) is 44.8. The summed E-state index contributed by atoms with van der Waals surface area (Å²) in [5.74, 6) is -3.56. The van der Waals surface area contributed by atoms with E-state index in [-0.39, 0.29) is 65.9 Å². The Hall–Kier alpha value is -4.29. The zero-order valence-corrected chi connectivity index (χ0v) is 35.5. The fraction of sp³-hybridized carbons (Fsp3) is 0.568. The fourth-order valence-electron chi connectivity index (χ4n) is 8.33. The van der Waals surface area contributed by atoms with Crippen LogP contribution in [0.1, 0.15) is 88.4 Å². The summed E-state index contributed by atoms with van der Waals surface area (Å²) < 4.78 is 5.56. The minimum Gasteiger partial charge on any atom is -0.444 e. The number of fused-ring (bicyclic) bond motifs is 2. The zero-order valence-electron chi connectivity index (χ0n) is 34.0. The Labute approximate surface area is 351 Å². The van der Waals surface area contributed by atoms with Crippen molar-refractivity contribution in [2.45, 2.75) is 102 Å². The largest absolute Gasteiger partial charge is 0.444 e. The summed E-state index contributed by atoms with van der Waals surface area (Å²) in [6.45, 7) is 5.66. The second-order valence-electron chi connectivity index (χ2n) is 17.2. The number of ether oxygens (including phenoxy) is 1. The number of piperidine rings is 1. The van der Waals surface area contributed by atoms with E-state index in [4.69, 9.17) is 27.9 Å². The van der Waals surface area contributed by atoms with Gasteiger partial charge in [-0.15, -0.1) is 23.2 Å². The number of likely N-dealkylation sites (N-methyl/N-ethyl adjacent to an activating group) is 1. The first-order valence-electron chi connectivity index (χ1n) is 20.1. The number of nitrogens with one attached hydrogen (secondary N) is 2. The maximum atomic E-state index is 14.5. The Bertz CT molecular complexity index is 1820. The standard InChI is InChI=1S/C43H54N4O8.CH2Cl2/c1-43(2,3)55-42(54)45-37(29-20-27-13-9-10-14-28(27)21-29)41(53)47-24-31-22-32(31)38(47)34(49)23-30(19-25-15-16-25)39(51)33(48)17-18-35(50)44-36(40(52)46(4)5)26-11-7-6-8-12-26;2-1-3/h6-14,25,29-32,36-38H,15-24H2,1-5H3,(H,44,50)(H,45,54);1H2/t30?,31-,32-,36-,37-,38-;/m0./s1. The summed E-state index contributed by atoms with van der Waals surface area (Å²) in [6, 6.07) is 14.2. The number of alkyl halides is 2. The molecule has 4 amide bonds. The van der Waals surface area contributed by atoms with Crippen LogP contribution in [0.15, 0.2) is 54.6 Å². The molecule has 2 aromatic rings. The molecule has 1 saturated heterocycles. The molecule has 4 aliphatic rings. The van der Waals surface area contributed by atoms with Gasteiger partial charge in [0.2, 0.25) is 23.5 Å². The average Bonchev–Trinajstić information content (AvgIpc) is 4.08. The molecule has 0 bridgehead atoms. The number of benzene rings is 2. The average molecular weight is 840 g/mol. The first-order chi connectivity index (χ1) is 27.5. The van der Waals surface area contributed by atoms with Crippen molar-refractivity contribution in [3.8, 4) is 0 Å². The van der Waals surface area contributed by atoms with Gasteiger partial charge in [-0.05, 0) is 86.8 Å². The van der Waals surface area contributed by atoms with Crippen molar-refractivity contribution in [3.63, 3.8) is 0 Å². The number of hydrogen-bond acceptors (Lipinski definition) is 8. The molecule has 6 rings (SSSR count). The van der Waals surface area contributed by atoms with Gasteiger partial charge >= 0.3 is 6.09 Å². The highest BCUT2D eigenvalue weighted by Gasteiger charge is 2.58. The third-order valence-electron chi connectivity index (χ3n) is 11.4. The van der Waals surface area contributed by atoms with Crippen LogP contribution < -0.4 is 10.6 Å². The summed E-state index contributed by atoms with van der Waals surface area (Å²) in [5.41, 5.74) is 2.06. The summed E-state index contributed by atoms with van der Waals surface area (Å²) in [7, 11) is 3.18. The van der Waals surface area contributed by atoms with Crippen molar-refractivity contribution < 1.29 is 38.3 Å². The third-order valence-corrected chi connectivity index (χ3v) is 11.4. The second-order valence-corrected chi connectivity index (χ2v) is 18.0. The highest BCUT2D eigenvalue weighted by molar-refractivity contribution is 6.40. The molecule has 0 spiro atoms. The predicted octanol–water partition coefficient (Wildman–Crippen LogP) is 5.80. The second kappa shape index (κ2) is 19.6. The van der Waals surface area contributed by atoms with Crippen LogP contribution in [-0.4, -0.2) is 94.6 Å². The van der Waals surface area contributed by atoms with E-state index in [1.165, 1.54) is 4.90 Å². The molecule has 314 valence electrons. The van der Waals surface area contributed by atoms with Crippen molar-refractivity contribution >= 4 is 64.4 Å². The Morgan fingerprint density at radius 3 is 2.05 bits per heavy atom. The summed E-state index contributed by atoms with van der Waals surface area (Å²) in [4.78, 5) is 97.7. The van der Waals surface area contributed by atoms with Gasteiger partial charge in [0, 0.05) is 45.8 Å². The van der Waals surface area contributed by atoms with Crippen LogP contribution in [0.4, 0.5) is 4.79 Å². The highest BCUT2D eigenvalue weighted by atomic mass is 35.5. The fourth-order valence-corrected chi connectivity index (χ4v) is 8.33. The van der Waals surface area contributed by atoms with Crippen LogP contribution in [-0.2, 0) is 46.3 Å². The summed E-state index contributed by atoms with van der Waals surface area (Å²) >= 11 is 9.53. The number of Topliss-reactive ketones (excluding diaryl/α,β-unsaturated/α-hetero) is 3. The lowest BCUT2D eigenvalue weighted by atomic mass is 9.86. The normalized spacial score (nSPS) is 20.9. The molecule has 1 aliphatic heterocycles. The van der Waals surface area contributed by atoms with Crippen LogP contribution in [0.3, 0.4) is 0 Å². The molecule has 1 heterocycles. The van der Waals surface area contributed by atoms with Crippen LogP contribution in [0.5, 0.6) is 0 Å². The van der Waals surface area contributed by atoms with E-state index >= 15 is 0 Å². The molecule has 6 atom stereocenters. The van der Waals surface area contributed by atoms with E-state index in [2.05, 4.69) is 10.6 Å². The maximum Gasteiger partial charge on any atom is 0.408 e. The quantitative estimate of drug-likeness (QED) is 0.159. The molecule has 2 aromatic carbocycles. The van der Waals surface area contributed by atoms with Gasteiger partial charge in [-0.2, -0.15) is 0 Å². The predicted molar refractivity (Wildman–Crippen MR) is 220 cm³/mol. The Kier molecular flexibility index (Phi) is 15.2. The molecular formula is C44H56Cl2N4O8. The van der Waals surface area contributed by atoms with Gasteiger partial charge in [-0.25, -0.2) is 4.79 Å². The van der Waals surface area contributed by atoms with Crippen molar-refractivity contribution in [3.05, 3.63) is 71.3 Å². The van der Waals surface area contributed by atoms with E-state index in [9.17, 15) is 33.6 Å². The number of amides is 4. The highest BCUT2D eigenvalue weighted by Crippen LogP contribution is 2.51. The van der Waals surface area contributed by atoms with Crippen molar-refractivity contribution in [1.82, 2.24) is 20.4 Å². The number of carbonyl (C=O) groups excluding carboxylic acids is 7. The number of rotatable bonds is 16. The molecule has 0 aromatic heterocycles. The van der Waals surface area contributed by atoms with Gasteiger partial charge in [0.25, 0.3) is 0 Å². The molecule has 12 nitrogen and oxygen atoms in total. The molecule has 2 N–H and O–H groups in total. The molecule has 58 heavy (non-hydrogen) atoms. The number of alkyl carbamates (subject to hydrolysis) is 1. The van der Waals surface area contributed by atoms with Gasteiger partial charge in [-0.1, -0.05) is 67.4 Å². The number of hydrogen-bond donors (Lipinski definition) is 2. The zero-order chi connectivity index (χ0) is 42.3. The number of halogens is 2. The topological polar surface area (TPSA) is 159 Å². The van der Waals surface area contributed by atoms with Gasteiger partial charge in [0.05, 0.1) is 11.4 Å². The van der Waals surface area contributed by atoms with Gasteiger partial charge in [0.1, 0.15) is 17.7 Å². The van der Waals surface area contributed by atoms with Crippen LogP contribution in [0.2, 0.25) is 0 Å². The van der Waals surface area contributed by atoms with Crippen molar-refractivity contribution in [1.29, 1.82) is 0 Å². The van der Waals surface area contributed by atoms with E-state index in [0.717, 1.165) is 30.4 Å². The molecule has 3 aliphatic carbocycles. The maximum absolute atomic E-state index is 14.5. The minimum absolute atomic E-state index is 0.0297. The van der Waals surface area contributed by atoms with Crippen LogP contribution in [0.25, 0.3) is 0 Å². The molecule has 14 heteroatoms. The number of carbonyl (C=O) groups is 7.